The first-order valence-corrected chi connectivity index (χ1v) is 6.40. The minimum Gasteiger partial charge on any atom is -0.395 e. The highest BCUT2D eigenvalue weighted by molar-refractivity contribution is 6.28. The standard InChI is InChI=1S/C14H11F2NO5/c15-14(16)20-12-4-1-9(5-13(12)21-14)7-19-8-11-3-2-10(6-18)17-22-11/h1,3-6H,2,7-8H2. The van der Waals surface area contributed by atoms with Gasteiger partial charge < -0.3 is 19.0 Å². The van der Waals surface area contributed by atoms with Crippen LogP contribution in [0.1, 0.15) is 12.0 Å². The summed E-state index contributed by atoms with van der Waals surface area (Å²) in [5.74, 6) is 0.445. The Labute approximate surface area is 123 Å². The van der Waals surface area contributed by atoms with Crippen molar-refractivity contribution < 1.29 is 32.6 Å². The molecule has 0 N–H and O–H groups in total. The Balaban J connectivity index is 1.51. The maximum Gasteiger partial charge on any atom is 0.586 e. The molecule has 0 atom stereocenters. The molecule has 0 aromatic heterocycles. The van der Waals surface area contributed by atoms with Gasteiger partial charge >= 0.3 is 6.29 Å². The van der Waals surface area contributed by atoms with Crippen molar-refractivity contribution in [2.45, 2.75) is 19.3 Å². The lowest BCUT2D eigenvalue weighted by Crippen LogP contribution is -2.25. The van der Waals surface area contributed by atoms with Gasteiger partial charge in [-0.3, -0.25) is 4.79 Å². The highest BCUT2D eigenvalue weighted by Crippen LogP contribution is 2.41. The number of nitrogens with zero attached hydrogens (tertiary/aromatic N) is 1. The van der Waals surface area contributed by atoms with Gasteiger partial charge in [-0.15, -0.1) is 8.78 Å². The van der Waals surface area contributed by atoms with E-state index in [0.29, 0.717) is 29.7 Å². The molecule has 2 aliphatic rings. The Hall–Kier alpha value is -2.48. The van der Waals surface area contributed by atoms with Gasteiger partial charge in [0.05, 0.1) is 6.61 Å². The number of hydrogen-bond donors (Lipinski definition) is 0. The minimum atomic E-state index is -3.63. The topological polar surface area (TPSA) is 66.4 Å². The van der Waals surface area contributed by atoms with Crippen molar-refractivity contribution >= 4 is 12.0 Å². The van der Waals surface area contributed by atoms with E-state index in [2.05, 4.69) is 14.6 Å². The molecule has 22 heavy (non-hydrogen) atoms. The van der Waals surface area contributed by atoms with Gasteiger partial charge in [0, 0.05) is 6.42 Å². The number of fused-ring (bicyclic) bond motifs is 1. The van der Waals surface area contributed by atoms with E-state index in [1.54, 1.807) is 12.1 Å². The zero-order valence-corrected chi connectivity index (χ0v) is 11.3. The van der Waals surface area contributed by atoms with Crippen LogP contribution in [0, 0.1) is 0 Å². The second-order valence-corrected chi connectivity index (χ2v) is 4.61. The van der Waals surface area contributed by atoms with Crippen LogP contribution in [0.3, 0.4) is 0 Å². The lowest BCUT2D eigenvalue weighted by Gasteiger charge is -2.10. The van der Waals surface area contributed by atoms with E-state index in [1.807, 2.05) is 0 Å². The number of alkyl halides is 2. The van der Waals surface area contributed by atoms with Gasteiger partial charge in [0.2, 0.25) is 0 Å². The van der Waals surface area contributed by atoms with Crippen LogP contribution >= 0.6 is 0 Å². The quantitative estimate of drug-likeness (QED) is 0.781. The molecule has 8 heteroatoms. The molecule has 2 heterocycles. The van der Waals surface area contributed by atoms with Crippen molar-refractivity contribution in [1.82, 2.24) is 0 Å². The third kappa shape index (κ3) is 3.22. The largest absolute Gasteiger partial charge is 0.586 e. The van der Waals surface area contributed by atoms with Crippen LogP contribution < -0.4 is 9.47 Å². The number of hydrogen-bond acceptors (Lipinski definition) is 6. The van der Waals surface area contributed by atoms with E-state index in [4.69, 9.17) is 9.57 Å². The molecule has 1 aromatic rings. The molecule has 0 aliphatic carbocycles. The number of oxime groups is 1. The highest BCUT2D eigenvalue weighted by Gasteiger charge is 2.43. The fourth-order valence-corrected chi connectivity index (χ4v) is 1.92. The Morgan fingerprint density at radius 2 is 2.09 bits per heavy atom. The van der Waals surface area contributed by atoms with Crippen LogP contribution in [0.15, 0.2) is 35.2 Å². The van der Waals surface area contributed by atoms with Crippen molar-refractivity contribution in [1.29, 1.82) is 0 Å². The van der Waals surface area contributed by atoms with Crippen LogP contribution in [-0.2, 0) is 21.0 Å². The average Bonchev–Trinajstić information content (AvgIpc) is 2.81. The van der Waals surface area contributed by atoms with Gasteiger partial charge in [-0.2, -0.15) is 0 Å². The van der Waals surface area contributed by atoms with Crippen LogP contribution in [0.2, 0.25) is 0 Å². The third-order valence-electron chi connectivity index (χ3n) is 2.93. The summed E-state index contributed by atoms with van der Waals surface area (Å²) in [5, 5.41) is 3.60. The predicted octanol–water partition coefficient (Wildman–Crippen LogP) is 2.38. The fourth-order valence-electron chi connectivity index (χ4n) is 1.92. The Morgan fingerprint density at radius 1 is 1.27 bits per heavy atom. The molecule has 6 nitrogen and oxygen atoms in total. The molecule has 2 aliphatic heterocycles. The number of benzene rings is 1. The van der Waals surface area contributed by atoms with Gasteiger partial charge in [0.15, 0.2) is 23.5 Å². The number of carbonyl (C=O) groups is 1. The minimum absolute atomic E-state index is 0.0113. The van der Waals surface area contributed by atoms with Crippen molar-refractivity contribution in [3.05, 3.63) is 35.6 Å². The number of ether oxygens (including phenoxy) is 3. The summed E-state index contributed by atoms with van der Waals surface area (Å²) in [7, 11) is 0. The van der Waals surface area contributed by atoms with Crippen molar-refractivity contribution in [3.63, 3.8) is 0 Å². The van der Waals surface area contributed by atoms with Crippen molar-refractivity contribution in [2.24, 2.45) is 5.16 Å². The number of halogens is 2. The molecule has 0 amide bonds. The van der Waals surface area contributed by atoms with E-state index >= 15 is 0 Å². The smallest absolute Gasteiger partial charge is 0.395 e. The number of carbonyl (C=O) groups excluding carboxylic acids is 1. The van der Waals surface area contributed by atoms with Crippen molar-refractivity contribution in [2.75, 3.05) is 6.61 Å². The summed E-state index contributed by atoms with van der Waals surface area (Å²) in [6.45, 7) is 0.327. The van der Waals surface area contributed by atoms with E-state index in [0.717, 1.165) is 0 Å². The van der Waals surface area contributed by atoms with Crippen LogP contribution in [-0.4, -0.2) is 24.9 Å². The molecule has 1 aromatic carbocycles. The summed E-state index contributed by atoms with van der Waals surface area (Å²) < 4.78 is 39.8. The first-order chi connectivity index (χ1) is 10.6. The summed E-state index contributed by atoms with van der Waals surface area (Å²) in [4.78, 5) is 15.4. The molecule has 0 bridgehead atoms. The maximum atomic E-state index is 12.9. The number of allylic oxidation sites excluding steroid dienone is 1. The second kappa shape index (κ2) is 5.72. The molecule has 0 unspecified atom stereocenters. The highest BCUT2D eigenvalue weighted by atomic mass is 19.3. The molecule has 0 radical (unpaired) electrons. The Kier molecular flexibility index (Phi) is 3.76. The maximum absolute atomic E-state index is 12.9. The molecule has 0 saturated carbocycles. The van der Waals surface area contributed by atoms with Crippen LogP contribution in [0.5, 0.6) is 11.5 Å². The molecule has 3 rings (SSSR count). The van der Waals surface area contributed by atoms with Gasteiger partial charge in [-0.05, 0) is 23.8 Å². The lowest BCUT2D eigenvalue weighted by molar-refractivity contribution is -0.286. The van der Waals surface area contributed by atoms with Crippen LogP contribution in [0.4, 0.5) is 8.78 Å². The normalized spacial score (nSPS) is 18.3. The van der Waals surface area contributed by atoms with Gasteiger partial charge in [-0.25, -0.2) is 0 Å². The third-order valence-corrected chi connectivity index (χ3v) is 2.93. The fraction of sp³-hybridized carbons (Fsp3) is 0.286. The zero-order chi connectivity index (χ0) is 15.6. The predicted molar refractivity (Wildman–Crippen MR) is 69.6 cm³/mol. The molecular formula is C14H11F2NO5. The van der Waals surface area contributed by atoms with Crippen LogP contribution in [0.25, 0.3) is 0 Å². The van der Waals surface area contributed by atoms with E-state index < -0.39 is 6.29 Å². The lowest BCUT2D eigenvalue weighted by atomic mass is 10.2. The summed E-state index contributed by atoms with van der Waals surface area (Å²) in [5.41, 5.74) is 0.953. The van der Waals surface area contributed by atoms with Gasteiger partial charge in [-0.1, -0.05) is 11.2 Å². The monoisotopic (exact) mass is 311 g/mol. The summed E-state index contributed by atoms with van der Waals surface area (Å²) in [6.07, 6.45) is -0.925. The molecular weight excluding hydrogens is 300 g/mol. The molecule has 0 saturated heterocycles. The summed E-state index contributed by atoms with van der Waals surface area (Å²) in [6, 6.07) is 4.42. The first kappa shape index (κ1) is 14.5. The molecule has 116 valence electrons. The zero-order valence-electron chi connectivity index (χ0n) is 11.3. The molecule has 0 spiro atoms. The van der Waals surface area contributed by atoms with E-state index in [1.165, 1.54) is 12.1 Å². The second-order valence-electron chi connectivity index (χ2n) is 4.61. The SMILES string of the molecule is O=CC1=NOC(COCc2ccc3c(c2)OC(F)(F)O3)=CC1. The summed E-state index contributed by atoms with van der Waals surface area (Å²) >= 11 is 0. The molecule has 0 fully saturated rings. The van der Waals surface area contributed by atoms with E-state index in [-0.39, 0.29) is 24.7 Å². The Morgan fingerprint density at radius 3 is 2.82 bits per heavy atom. The first-order valence-electron chi connectivity index (χ1n) is 6.40. The number of aldehydes is 1. The average molecular weight is 311 g/mol. The van der Waals surface area contributed by atoms with Crippen molar-refractivity contribution in [3.8, 4) is 11.5 Å². The van der Waals surface area contributed by atoms with Gasteiger partial charge in [0.25, 0.3) is 0 Å². The Bertz CT molecular complexity index is 657. The van der Waals surface area contributed by atoms with Gasteiger partial charge in [0.1, 0.15) is 12.3 Å². The number of rotatable bonds is 5. The van der Waals surface area contributed by atoms with E-state index in [9.17, 15) is 13.6 Å².